The molecule has 0 bridgehead atoms. The van der Waals surface area contributed by atoms with E-state index < -0.39 is 0 Å². The molecular weight excluding hydrogens is 210 g/mol. The molecule has 3 aromatic rings. The fraction of sp³-hybridized carbons (Fsp3) is 0.214. The predicted octanol–water partition coefficient (Wildman–Crippen LogP) is 3.36. The lowest BCUT2D eigenvalue weighted by molar-refractivity contribution is 0.768. The molecule has 0 aliphatic carbocycles. The Bertz CT molecular complexity index is 628. The van der Waals surface area contributed by atoms with Crippen LogP contribution in [0, 0.1) is 6.92 Å². The minimum absolute atomic E-state index is 0.950. The monoisotopic (exact) mass is 225 g/mol. The average Bonchev–Trinajstić information content (AvgIpc) is 2.91. The largest absolute Gasteiger partial charge is 0.354 e. The second kappa shape index (κ2) is 3.77. The van der Waals surface area contributed by atoms with E-state index in [0.29, 0.717) is 0 Å². The Balaban J connectivity index is 2.16. The topological polar surface area (TPSA) is 33.6 Å². The van der Waals surface area contributed by atoms with Crippen LogP contribution in [0.15, 0.2) is 36.8 Å². The molecule has 0 aliphatic heterocycles. The van der Waals surface area contributed by atoms with Crippen LogP contribution < -0.4 is 0 Å². The second-order valence-corrected chi connectivity index (χ2v) is 4.31. The standard InChI is InChI=1S/C14H15N3/c1-3-17-8-10(2)12(9-17)13-7-11-5-4-6-15-14(11)16-13/h4-9H,3H2,1-2H3,(H,15,16). The highest BCUT2D eigenvalue weighted by molar-refractivity contribution is 5.83. The minimum Gasteiger partial charge on any atom is -0.354 e. The zero-order valence-corrected chi connectivity index (χ0v) is 10.1. The number of fused-ring (bicyclic) bond motifs is 1. The molecule has 0 aromatic carbocycles. The van der Waals surface area contributed by atoms with Gasteiger partial charge in [0.1, 0.15) is 5.65 Å². The van der Waals surface area contributed by atoms with Gasteiger partial charge in [-0.15, -0.1) is 0 Å². The quantitative estimate of drug-likeness (QED) is 0.712. The first kappa shape index (κ1) is 10.1. The number of hydrogen-bond acceptors (Lipinski definition) is 1. The van der Waals surface area contributed by atoms with E-state index in [-0.39, 0.29) is 0 Å². The van der Waals surface area contributed by atoms with Crippen LogP contribution in [-0.4, -0.2) is 14.5 Å². The highest BCUT2D eigenvalue weighted by Crippen LogP contribution is 2.26. The van der Waals surface area contributed by atoms with Gasteiger partial charge in [0.25, 0.3) is 0 Å². The van der Waals surface area contributed by atoms with Gasteiger partial charge in [-0.25, -0.2) is 4.98 Å². The molecule has 0 amide bonds. The molecule has 0 atom stereocenters. The lowest BCUT2D eigenvalue weighted by Gasteiger charge is -1.94. The van der Waals surface area contributed by atoms with Gasteiger partial charge in [-0.1, -0.05) is 0 Å². The molecule has 3 nitrogen and oxygen atoms in total. The van der Waals surface area contributed by atoms with Crippen LogP contribution in [-0.2, 0) is 6.54 Å². The van der Waals surface area contributed by atoms with E-state index in [1.165, 1.54) is 11.1 Å². The summed E-state index contributed by atoms with van der Waals surface area (Å²) in [4.78, 5) is 7.69. The molecule has 0 fully saturated rings. The molecule has 0 aliphatic rings. The SMILES string of the molecule is CCn1cc(C)c(-c2cc3cccnc3[nH]2)c1. The van der Waals surface area contributed by atoms with Crippen molar-refractivity contribution in [3.8, 4) is 11.3 Å². The zero-order valence-electron chi connectivity index (χ0n) is 10.1. The third-order valence-corrected chi connectivity index (χ3v) is 3.13. The molecule has 0 saturated heterocycles. The molecule has 0 saturated carbocycles. The van der Waals surface area contributed by atoms with Gasteiger partial charge < -0.3 is 9.55 Å². The number of rotatable bonds is 2. The lowest BCUT2D eigenvalue weighted by Crippen LogP contribution is -1.86. The first-order valence-electron chi connectivity index (χ1n) is 5.88. The number of nitrogens with zero attached hydrogens (tertiary/aromatic N) is 2. The molecule has 17 heavy (non-hydrogen) atoms. The first-order valence-corrected chi connectivity index (χ1v) is 5.88. The summed E-state index contributed by atoms with van der Waals surface area (Å²) in [6, 6.07) is 6.20. The van der Waals surface area contributed by atoms with E-state index in [0.717, 1.165) is 23.3 Å². The Morgan fingerprint density at radius 1 is 1.35 bits per heavy atom. The van der Waals surface area contributed by atoms with Crippen LogP contribution in [0.3, 0.4) is 0 Å². The summed E-state index contributed by atoms with van der Waals surface area (Å²) < 4.78 is 2.20. The molecule has 86 valence electrons. The third kappa shape index (κ3) is 1.64. The van der Waals surface area contributed by atoms with Crippen LogP contribution in [0.2, 0.25) is 0 Å². The van der Waals surface area contributed by atoms with Gasteiger partial charge in [-0.3, -0.25) is 0 Å². The van der Waals surface area contributed by atoms with Gasteiger partial charge in [-0.2, -0.15) is 0 Å². The first-order chi connectivity index (χ1) is 8.28. The normalized spacial score (nSPS) is 11.2. The molecule has 0 spiro atoms. The number of nitrogens with one attached hydrogen (secondary N) is 1. The van der Waals surface area contributed by atoms with E-state index in [9.17, 15) is 0 Å². The minimum atomic E-state index is 0.950. The molecule has 3 heterocycles. The fourth-order valence-corrected chi connectivity index (χ4v) is 2.19. The molecule has 3 heteroatoms. The fourth-order valence-electron chi connectivity index (χ4n) is 2.19. The Hall–Kier alpha value is -2.03. The summed E-state index contributed by atoms with van der Waals surface area (Å²) in [5, 5.41) is 1.16. The number of aryl methyl sites for hydroxylation is 2. The molecule has 3 aromatic heterocycles. The van der Waals surface area contributed by atoms with E-state index in [2.05, 4.69) is 52.9 Å². The Kier molecular flexibility index (Phi) is 2.25. The number of pyridine rings is 1. The number of aromatic nitrogens is 3. The summed E-state index contributed by atoms with van der Waals surface area (Å²) >= 11 is 0. The maximum atomic E-state index is 4.32. The summed E-state index contributed by atoms with van der Waals surface area (Å²) in [5.74, 6) is 0. The van der Waals surface area contributed by atoms with Crippen LogP contribution in [0.4, 0.5) is 0 Å². The average molecular weight is 225 g/mol. The summed E-state index contributed by atoms with van der Waals surface area (Å²) in [5.41, 5.74) is 4.64. The van der Waals surface area contributed by atoms with Crippen molar-refractivity contribution in [2.75, 3.05) is 0 Å². The van der Waals surface area contributed by atoms with Crippen LogP contribution in [0.1, 0.15) is 12.5 Å². The van der Waals surface area contributed by atoms with Crippen LogP contribution in [0.5, 0.6) is 0 Å². The molecule has 0 unspecified atom stereocenters. The van der Waals surface area contributed by atoms with E-state index >= 15 is 0 Å². The van der Waals surface area contributed by atoms with E-state index in [1.807, 2.05) is 12.3 Å². The Morgan fingerprint density at radius 3 is 2.94 bits per heavy atom. The van der Waals surface area contributed by atoms with Gasteiger partial charge in [0.2, 0.25) is 0 Å². The van der Waals surface area contributed by atoms with Crippen LogP contribution >= 0.6 is 0 Å². The van der Waals surface area contributed by atoms with Crippen molar-refractivity contribution < 1.29 is 0 Å². The van der Waals surface area contributed by atoms with Gasteiger partial charge in [0.15, 0.2) is 0 Å². The third-order valence-electron chi connectivity index (χ3n) is 3.13. The van der Waals surface area contributed by atoms with Gasteiger partial charge >= 0.3 is 0 Å². The van der Waals surface area contributed by atoms with Gasteiger partial charge in [-0.05, 0) is 37.6 Å². The van der Waals surface area contributed by atoms with Crippen molar-refractivity contribution in [1.29, 1.82) is 0 Å². The maximum Gasteiger partial charge on any atom is 0.137 e. The molecule has 1 N–H and O–H groups in total. The van der Waals surface area contributed by atoms with Crippen molar-refractivity contribution in [3.63, 3.8) is 0 Å². The van der Waals surface area contributed by atoms with Crippen LogP contribution in [0.25, 0.3) is 22.3 Å². The van der Waals surface area contributed by atoms with Gasteiger partial charge in [0, 0.05) is 41.8 Å². The van der Waals surface area contributed by atoms with Crippen molar-refractivity contribution in [1.82, 2.24) is 14.5 Å². The number of H-pyrrole nitrogens is 1. The summed E-state index contributed by atoms with van der Waals surface area (Å²) in [6.07, 6.45) is 6.17. The molecule has 0 radical (unpaired) electrons. The van der Waals surface area contributed by atoms with Gasteiger partial charge in [0.05, 0.1) is 0 Å². The van der Waals surface area contributed by atoms with Crippen molar-refractivity contribution in [2.24, 2.45) is 0 Å². The van der Waals surface area contributed by atoms with Crippen molar-refractivity contribution in [3.05, 3.63) is 42.4 Å². The molecule has 3 rings (SSSR count). The smallest absolute Gasteiger partial charge is 0.137 e. The van der Waals surface area contributed by atoms with E-state index in [1.54, 1.807) is 0 Å². The van der Waals surface area contributed by atoms with Crippen molar-refractivity contribution in [2.45, 2.75) is 20.4 Å². The highest BCUT2D eigenvalue weighted by atomic mass is 14.9. The maximum absolute atomic E-state index is 4.32. The summed E-state index contributed by atoms with van der Waals surface area (Å²) in [6.45, 7) is 5.29. The number of hydrogen-bond donors (Lipinski definition) is 1. The molecular formula is C14H15N3. The Labute approximate surface area is 100 Å². The van der Waals surface area contributed by atoms with E-state index in [4.69, 9.17) is 0 Å². The number of aromatic amines is 1. The van der Waals surface area contributed by atoms with Crippen molar-refractivity contribution >= 4 is 11.0 Å². The highest BCUT2D eigenvalue weighted by Gasteiger charge is 2.08. The second-order valence-electron chi connectivity index (χ2n) is 4.31. The lowest BCUT2D eigenvalue weighted by atomic mass is 10.1. The Morgan fingerprint density at radius 2 is 2.24 bits per heavy atom. The summed E-state index contributed by atoms with van der Waals surface area (Å²) in [7, 11) is 0. The zero-order chi connectivity index (χ0) is 11.8. The predicted molar refractivity (Wildman–Crippen MR) is 69.9 cm³/mol.